The van der Waals surface area contributed by atoms with Crippen LogP contribution in [0.4, 0.5) is 0 Å². The van der Waals surface area contributed by atoms with Gasteiger partial charge in [0.1, 0.15) is 11.5 Å². The lowest BCUT2D eigenvalue weighted by Gasteiger charge is -2.06. The van der Waals surface area contributed by atoms with Gasteiger partial charge in [-0.25, -0.2) is 0 Å². The summed E-state index contributed by atoms with van der Waals surface area (Å²) in [6, 6.07) is 12.9. The maximum atomic E-state index is 9.30. The SMILES string of the molecule is CCOc1ccc(/C=C/c2cc(OC)cc(B(O)O)c2)cc1. The van der Waals surface area contributed by atoms with Crippen molar-refractivity contribution in [3.63, 3.8) is 0 Å². The van der Waals surface area contributed by atoms with Crippen LogP contribution in [0.5, 0.6) is 11.5 Å². The standard InChI is InChI=1S/C17H19BO4/c1-3-22-16-8-6-13(7-9-16)4-5-14-10-15(18(19)20)12-17(11-14)21-2/h4-12,19-20H,3H2,1-2H3/b5-4+. The van der Waals surface area contributed by atoms with Crippen molar-refractivity contribution in [2.24, 2.45) is 0 Å². The summed E-state index contributed by atoms with van der Waals surface area (Å²) >= 11 is 0. The molecular weight excluding hydrogens is 279 g/mol. The van der Waals surface area contributed by atoms with Crippen molar-refractivity contribution in [3.8, 4) is 11.5 Å². The van der Waals surface area contributed by atoms with E-state index in [1.54, 1.807) is 19.2 Å². The van der Waals surface area contributed by atoms with E-state index in [2.05, 4.69) is 0 Å². The molecule has 0 saturated heterocycles. The largest absolute Gasteiger partial charge is 0.497 e. The van der Waals surface area contributed by atoms with Crippen LogP contribution in [0.2, 0.25) is 0 Å². The van der Waals surface area contributed by atoms with Gasteiger partial charge in [0.05, 0.1) is 13.7 Å². The molecule has 0 aromatic heterocycles. The fraction of sp³-hybridized carbons (Fsp3) is 0.176. The maximum Gasteiger partial charge on any atom is 0.488 e. The number of methoxy groups -OCH3 is 1. The third-order valence-corrected chi connectivity index (χ3v) is 3.14. The normalized spacial score (nSPS) is 10.7. The summed E-state index contributed by atoms with van der Waals surface area (Å²) in [5.74, 6) is 1.42. The smallest absolute Gasteiger partial charge is 0.488 e. The highest BCUT2D eigenvalue weighted by Crippen LogP contribution is 2.16. The van der Waals surface area contributed by atoms with Gasteiger partial charge in [-0.2, -0.15) is 0 Å². The lowest BCUT2D eigenvalue weighted by Crippen LogP contribution is -2.29. The van der Waals surface area contributed by atoms with Crippen LogP contribution in [0, 0.1) is 0 Å². The van der Waals surface area contributed by atoms with Crippen molar-refractivity contribution in [2.45, 2.75) is 6.92 Å². The molecule has 0 bridgehead atoms. The molecule has 5 heteroatoms. The number of rotatable bonds is 6. The Bertz CT molecular complexity index is 636. The molecule has 2 aromatic carbocycles. The van der Waals surface area contributed by atoms with E-state index in [4.69, 9.17) is 9.47 Å². The van der Waals surface area contributed by atoms with Crippen molar-refractivity contribution in [2.75, 3.05) is 13.7 Å². The van der Waals surface area contributed by atoms with Crippen molar-refractivity contribution >= 4 is 24.7 Å². The molecule has 2 rings (SSSR count). The van der Waals surface area contributed by atoms with Gasteiger partial charge in [0.15, 0.2) is 0 Å². The molecule has 4 nitrogen and oxygen atoms in total. The van der Waals surface area contributed by atoms with Gasteiger partial charge in [-0.3, -0.25) is 0 Å². The minimum Gasteiger partial charge on any atom is -0.497 e. The minimum absolute atomic E-state index is 0.394. The first-order chi connectivity index (χ1) is 10.6. The zero-order valence-corrected chi connectivity index (χ0v) is 12.7. The van der Waals surface area contributed by atoms with E-state index in [0.29, 0.717) is 17.8 Å². The van der Waals surface area contributed by atoms with Crippen LogP contribution >= 0.6 is 0 Å². The van der Waals surface area contributed by atoms with Crippen molar-refractivity contribution in [1.29, 1.82) is 0 Å². The zero-order chi connectivity index (χ0) is 15.9. The summed E-state index contributed by atoms with van der Waals surface area (Å²) in [7, 11) is 0.0238. The Hall–Kier alpha value is -2.24. The van der Waals surface area contributed by atoms with Crippen molar-refractivity contribution in [3.05, 3.63) is 53.6 Å². The Morgan fingerprint density at radius 1 is 0.955 bits per heavy atom. The molecule has 0 aliphatic heterocycles. The molecular formula is C17H19BO4. The lowest BCUT2D eigenvalue weighted by atomic mass is 9.79. The molecule has 0 heterocycles. The van der Waals surface area contributed by atoms with E-state index in [9.17, 15) is 10.0 Å². The zero-order valence-electron chi connectivity index (χ0n) is 12.7. The topological polar surface area (TPSA) is 58.9 Å². The molecule has 0 atom stereocenters. The Labute approximate surface area is 130 Å². The molecule has 0 radical (unpaired) electrons. The third kappa shape index (κ3) is 4.38. The van der Waals surface area contributed by atoms with Gasteiger partial charge >= 0.3 is 7.12 Å². The van der Waals surface area contributed by atoms with E-state index in [0.717, 1.165) is 16.9 Å². The van der Waals surface area contributed by atoms with E-state index in [1.165, 1.54) is 0 Å². The Kier molecular flexibility index (Phi) is 5.64. The number of benzene rings is 2. The molecule has 0 aliphatic rings. The Morgan fingerprint density at radius 3 is 2.23 bits per heavy atom. The van der Waals surface area contributed by atoms with Gasteiger partial charge < -0.3 is 19.5 Å². The quantitative estimate of drug-likeness (QED) is 0.632. The van der Waals surface area contributed by atoms with Gasteiger partial charge in [0.2, 0.25) is 0 Å². The van der Waals surface area contributed by atoms with Gasteiger partial charge in [-0.05, 0) is 47.8 Å². The van der Waals surface area contributed by atoms with E-state index in [-0.39, 0.29) is 0 Å². The monoisotopic (exact) mass is 298 g/mol. The maximum absolute atomic E-state index is 9.30. The fourth-order valence-electron chi connectivity index (χ4n) is 2.04. The van der Waals surface area contributed by atoms with E-state index < -0.39 is 7.12 Å². The van der Waals surface area contributed by atoms with Gasteiger partial charge in [0, 0.05) is 0 Å². The first-order valence-electron chi connectivity index (χ1n) is 7.08. The number of hydrogen-bond donors (Lipinski definition) is 2. The number of ether oxygens (including phenoxy) is 2. The summed E-state index contributed by atoms with van der Waals surface area (Å²) in [6.45, 7) is 2.59. The second kappa shape index (κ2) is 7.68. The summed E-state index contributed by atoms with van der Waals surface area (Å²) in [5.41, 5.74) is 2.25. The summed E-state index contributed by atoms with van der Waals surface area (Å²) in [6.07, 6.45) is 3.84. The van der Waals surface area contributed by atoms with Gasteiger partial charge in [-0.15, -0.1) is 0 Å². The summed E-state index contributed by atoms with van der Waals surface area (Å²) in [5, 5.41) is 18.6. The van der Waals surface area contributed by atoms with Crippen LogP contribution in [0.1, 0.15) is 18.1 Å². The summed E-state index contributed by atoms with van der Waals surface area (Å²) < 4.78 is 10.6. The van der Waals surface area contributed by atoms with E-state index >= 15 is 0 Å². The molecule has 0 fully saturated rings. The Balaban J connectivity index is 2.19. The fourth-order valence-corrected chi connectivity index (χ4v) is 2.04. The molecule has 0 amide bonds. The second-order valence-electron chi connectivity index (χ2n) is 4.75. The average Bonchev–Trinajstić information content (AvgIpc) is 2.54. The molecule has 0 saturated carbocycles. The minimum atomic E-state index is -1.52. The molecule has 0 spiro atoms. The van der Waals surface area contributed by atoms with Crippen LogP contribution in [0.3, 0.4) is 0 Å². The van der Waals surface area contributed by atoms with Crippen molar-refractivity contribution < 1.29 is 19.5 Å². The van der Waals surface area contributed by atoms with Crippen molar-refractivity contribution in [1.82, 2.24) is 0 Å². The first-order valence-corrected chi connectivity index (χ1v) is 7.08. The second-order valence-corrected chi connectivity index (χ2v) is 4.75. The lowest BCUT2D eigenvalue weighted by molar-refractivity contribution is 0.340. The third-order valence-electron chi connectivity index (χ3n) is 3.14. The van der Waals surface area contributed by atoms with Gasteiger partial charge in [0.25, 0.3) is 0 Å². The van der Waals surface area contributed by atoms with E-state index in [1.807, 2.05) is 49.4 Å². The molecule has 0 aliphatic carbocycles. The van der Waals surface area contributed by atoms with Crippen LogP contribution in [0.25, 0.3) is 12.2 Å². The van der Waals surface area contributed by atoms with Gasteiger partial charge in [-0.1, -0.05) is 30.4 Å². The predicted molar refractivity (Wildman–Crippen MR) is 89.4 cm³/mol. The molecule has 114 valence electrons. The number of hydrogen-bond acceptors (Lipinski definition) is 4. The highest BCUT2D eigenvalue weighted by Gasteiger charge is 2.12. The Morgan fingerprint density at radius 2 is 1.64 bits per heavy atom. The molecule has 2 N–H and O–H groups in total. The first kappa shape index (κ1) is 16.1. The van der Waals surface area contributed by atoms with Crippen LogP contribution in [-0.4, -0.2) is 30.9 Å². The predicted octanol–water partition coefficient (Wildman–Crippen LogP) is 1.94. The molecule has 0 unspecified atom stereocenters. The highest BCUT2D eigenvalue weighted by atomic mass is 16.5. The molecule has 22 heavy (non-hydrogen) atoms. The molecule has 2 aromatic rings. The average molecular weight is 298 g/mol. The van der Waals surface area contributed by atoms with Crippen LogP contribution in [-0.2, 0) is 0 Å². The highest BCUT2D eigenvalue weighted by molar-refractivity contribution is 6.58. The van der Waals surface area contributed by atoms with Crippen LogP contribution in [0.15, 0.2) is 42.5 Å². The van der Waals surface area contributed by atoms with Crippen LogP contribution < -0.4 is 14.9 Å². The summed E-state index contributed by atoms with van der Waals surface area (Å²) in [4.78, 5) is 0.